The Kier molecular flexibility index (Phi) is 6.14. The van der Waals surface area contributed by atoms with Gasteiger partial charge in [-0.2, -0.15) is 0 Å². The molecule has 1 fully saturated rings. The Balaban J connectivity index is 1.47. The summed E-state index contributed by atoms with van der Waals surface area (Å²) in [7, 11) is -4.42. The molecule has 5 rings (SSSR count). The van der Waals surface area contributed by atoms with E-state index in [1.54, 1.807) is 17.4 Å². The first-order valence-corrected chi connectivity index (χ1v) is 13.8. The number of aromatic nitrogens is 1. The Morgan fingerprint density at radius 1 is 1.09 bits per heavy atom. The highest BCUT2D eigenvalue weighted by Crippen LogP contribution is 2.39. The average molecular weight is 483 g/mol. The fourth-order valence-electron chi connectivity index (χ4n) is 4.76. The number of furan rings is 1. The summed E-state index contributed by atoms with van der Waals surface area (Å²) in [5.41, 5.74) is 3.50. The topological polar surface area (TPSA) is 95.6 Å². The van der Waals surface area contributed by atoms with Crippen LogP contribution in [-0.4, -0.2) is 20.8 Å². The monoisotopic (exact) mass is 482 g/mol. The molecular formula is C25H27N2O4PS. The second-order valence-electron chi connectivity index (χ2n) is 8.64. The normalized spacial score (nSPS) is 19.1. The van der Waals surface area contributed by atoms with E-state index in [0.717, 1.165) is 32.0 Å². The van der Waals surface area contributed by atoms with E-state index in [1.807, 2.05) is 36.4 Å². The second kappa shape index (κ2) is 9.07. The predicted molar refractivity (Wildman–Crippen MR) is 134 cm³/mol. The number of thiazole rings is 1. The number of hydrogen-bond donors (Lipinski definition) is 3. The number of rotatable bonds is 6. The largest absolute Gasteiger partial charge is 0.448 e. The molecule has 1 aliphatic carbocycles. The minimum absolute atomic E-state index is 0.323. The van der Waals surface area contributed by atoms with Gasteiger partial charge in [0.05, 0.1) is 10.2 Å². The Morgan fingerprint density at radius 3 is 2.67 bits per heavy atom. The van der Waals surface area contributed by atoms with Crippen LogP contribution in [0.1, 0.15) is 39.0 Å². The lowest BCUT2D eigenvalue weighted by Gasteiger charge is -2.31. The molecule has 0 aliphatic heterocycles. The lowest BCUT2D eigenvalue weighted by Crippen LogP contribution is -2.31. The number of fused-ring (bicyclic) bond motifs is 1. The van der Waals surface area contributed by atoms with Gasteiger partial charge in [-0.3, -0.25) is 4.57 Å². The van der Waals surface area contributed by atoms with Crippen molar-refractivity contribution in [3.05, 3.63) is 54.6 Å². The van der Waals surface area contributed by atoms with Gasteiger partial charge < -0.3 is 19.5 Å². The minimum Gasteiger partial charge on any atom is -0.448 e. The van der Waals surface area contributed by atoms with Crippen molar-refractivity contribution in [1.82, 2.24) is 4.98 Å². The van der Waals surface area contributed by atoms with Gasteiger partial charge in [-0.1, -0.05) is 67.9 Å². The third kappa shape index (κ3) is 4.64. The Hall–Kier alpha value is -2.44. The molecule has 0 bridgehead atoms. The lowest BCUT2D eigenvalue weighted by molar-refractivity contribution is 0.317. The Labute approximate surface area is 196 Å². The molecule has 2 aromatic heterocycles. The fourth-order valence-corrected chi connectivity index (χ4v) is 6.31. The molecule has 3 N–H and O–H groups in total. The van der Waals surface area contributed by atoms with Gasteiger partial charge in [0.25, 0.3) is 0 Å². The zero-order valence-electron chi connectivity index (χ0n) is 18.4. The van der Waals surface area contributed by atoms with Crippen molar-refractivity contribution < 1.29 is 18.8 Å². The molecule has 8 heteroatoms. The van der Waals surface area contributed by atoms with E-state index in [1.165, 1.54) is 38.2 Å². The Bertz CT molecular complexity index is 1320. The number of nitrogens with zero attached hydrogens (tertiary/aromatic N) is 1. The molecule has 0 radical (unpaired) electrons. The van der Waals surface area contributed by atoms with Crippen LogP contribution >= 0.6 is 18.9 Å². The van der Waals surface area contributed by atoms with Gasteiger partial charge in [0.1, 0.15) is 5.76 Å². The van der Waals surface area contributed by atoms with Crippen molar-refractivity contribution in [3.63, 3.8) is 0 Å². The van der Waals surface area contributed by atoms with Crippen LogP contribution in [0.25, 0.3) is 32.7 Å². The summed E-state index contributed by atoms with van der Waals surface area (Å²) in [5.74, 6) is 1.13. The van der Waals surface area contributed by atoms with Crippen molar-refractivity contribution in [3.8, 4) is 22.5 Å². The molecular weight excluding hydrogens is 455 g/mol. The maximum Gasteiger partial charge on any atom is 0.391 e. The summed E-state index contributed by atoms with van der Waals surface area (Å²) < 4.78 is 18.0. The molecule has 1 saturated carbocycles. The molecule has 0 amide bonds. The maximum absolute atomic E-state index is 11.5. The first-order valence-electron chi connectivity index (χ1n) is 11.3. The fraction of sp³-hybridized carbons (Fsp3) is 0.320. The van der Waals surface area contributed by atoms with E-state index in [4.69, 9.17) is 9.40 Å². The van der Waals surface area contributed by atoms with Gasteiger partial charge in [0, 0.05) is 17.2 Å². The third-order valence-electron chi connectivity index (χ3n) is 6.49. The van der Waals surface area contributed by atoms with E-state index >= 15 is 0 Å². The van der Waals surface area contributed by atoms with Crippen LogP contribution in [0.4, 0.5) is 5.13 Å². The number of hydrogen-bond acceptors (Lipinski definition) is 5. The maximum atomic E-state index is 11.5. The highest BCUT2D eigenvalue weighted by molar-refractivity contribution is 7.59. The predicted octanol–water partition coefficient (Wildman–Crippen LogP) is 6.41. The molecule has 4 aromatic rings. The van der Waals surface area contributed by atoms with Crippen LogP contribution < -0.4 is 10.8 Å². The summed E-state index contributed by atoms with van der Waals surface area (Å²) in [5, 5.41) is 4.69. The standard InChI is InChI=1S/C25H27N2O4PS/c1-2-16-7-3-4-11-20(16)26-25-27-21-12-6-10-19(24(21)33-25)17-8-5-9-18(15-17)22-13-14-23(31-22)32(28,29)30/h5-6,8-10,12-16,20H,2-4,7,11H2,1H3,(H,26,27)(H2,28,29,30). The molecule has 2 atom stereocenters. The molecule has 2 heterocycles. The molecule has 1 aliphatic rings. The zero-order valence-corrected chi connectivity index (χ0v) is 20.1. The molecule has 6 nitrogen and oxygen atoms in total. The van der Waals surface area contributed by atoms with Crippen LogP contribution in [0.15, 0.2) is 59.0 Å². The van der Waals surface area contributed by atoms with Gasteiger partial charge in [-0.05, 0) is 48.6 Å². The van der Waals surface area contributed by atoms with Crippen LogP contribution in [0.2, 0.25) is 0 Å². The quantitative estimate of drug-likeness (QED) is 0.275. The van der Waals surface area contributed by atoms with E-state index < -0.39 is 7.60 Å². The van der Waals surface area contributed by atoms with Crippen molar-refractivity contribution >= 4 is 39.8 Å². The first kappa shape index (κ1) is 22.4. The summed E-state index contributed by atoms with van der Waals surface area (Å²) in [6.45, 7) is 2.27. The third-order valence-corrected chi connectivity index (χ3v) is 8.34. The van der Waals surface area contributed by atoms with E-state index in [9.17, 15) is 14.4 Å². The number of nitrogens with one attached hydrogen (secondary N) is 1. The first-order chi connectivity index (χ1) is 15.9. The van der Waals surface area contributed by atoms with Gasteiger partial charge in [-0.15, -0.1) is 0 Å². The highest BCUT2D eigenvalue weighted by Gasteiger charge is 2.25. The summed E-state index contributed by atoms with van der Waals surface area (Å²) >= 11 is 1.69. The van der Waals surface area contributed by atoms with Crippen LogP contribution in [-0.2, 0) is 4.57 Å². The van der Waals surface area contributed by atoms with E-state index in [2.05, 4.69) is 18.3 Å². The zero-order chi connectivity index (χ0) is 23.0. The van der Waals surface area contributed by atoms with E-state index in [-0.39, 0.29) is 5.50 Å². The lowest BCUT2D eigenvalue weighted by atomic mass is 9.83. The van der Waals surface area contributed by atoms with Gasteiger partial charge in [-0.25, -0.2) is 4.98 Å². The van der Waals surface area contributed by atoms with Crippen LogP contribution in [0.5, 0.6) is 0 Å². The molecule has 33 heavy (non-hydrogen) atoms. The van der Waals surface area contributed by atoms with Gasteiger partial charge in [0.2, 0.25) is 5.50 Å². The summed E-state index contributed by atoms with van der Waals surface area (Å²) in [4.78, 5) is 23.6. The van der Waals surface area contributed by atoms with Crippen LogP contribution in [0, 0.1) is 5.92 Å². The average Bonchev–Trinajstić information content (AvgIpc) is 3.46. The van der Waals surface area contributed by atoms with E-state index in [0.29, 0.717) is 17.7 Å². The SMILES string of the molecule is CCC1CCCCC1Nc1nc2cccc(-c3cccc(-c4ccc(P(=O)(O)O)o4)c3)c2s1. The summed E-state index contributed by atoms with van der Waals surface area (Å²) in [6.07, 6.45) is 6.27. The summed E-state index contributed by atoms with van der Waals surface area (Å²) in [6, 6.07) is 17.4. The molecule has 0 saturated heterocycles. The highest BCUT2D eigenvalue weighted by atomic mass is 32.1. The van der Waals surface area contributed by atoms with Gasteiger partial charge >= 0.3 is 7.60 Å². The molecule has 172 valence electrons. The minimum atomic E-state index is -4.42. The smallest absolute Gasteiger partial charge is 0.391 e. The van der Waals surface area contributed by atoms with Crippen molar-refractivity contribution in [1.29, 1.82) is 0 Å². The molecule has 2 unspecified atom stereocenters. The van der Waals surface area contributed by atoms with Gasteiger partial charge in [0.15, 0.2) is 5.13 Å². The van der Waals surface area contributed by atoms with Crippen molar-refractivity contribution in [2.45, 2.75) is 45.1 Å². The Morgan fingerprint density at radius 2 is 1.88 bits per heavy atom. The van der Waals surface area contributed by atoms with Crippen molar-refractivity contribution in [2.75, 3.05) is 5.32 Å². The number of anilines is 1. The second-order valence-corrected chi connectivity index (χ2v) is 11.2. The number of benzene rings is 2. The van der Waals surface area contributed by atoms with Crippen molar-refractivity contribution in [2.24, 2.45) is 5.92 Å². The molecule has 2 aromatic carbocycles. The molecule has 0 spiro atoms. The van der Waals surface area contributed by atoms with Crippen LogP contribution in [0.3, 0.4) is 0 Å².